The van der Waals surface area contributed by atoms with Crippen LogP contribution in [-0.2, 0) is 11.3 Å². The van der Waals surface area contributed by atoms with Crippen molar-refractivity contribution in [2.75, 3.05) is 0 Å². The largest absolute Gasteiger partial charge is 0.346 e. The fourth-order valence-electron chi connectivity index (χ4n) is 1.69. The van der Waals surface area contributed by atoms with Crippen molar-refractivity contribution in [3.63, 3.8) is 0 Å². The maximum atomic E-state index is 12.0. The molecular formula is C16H11Cl2N3O. The Kier molecular flexibility index (Phi) is 5.54. The summed E-state index contributed by atoms with van der Waals surface area (Å²) in [6.07, 6.45) is 3.09. The lowest BCUT2D eigenvalue weighted by molar-refractivity contribution is -0.117. The van der Waals surface area contributed by atoms with Crippen LogP contribution in [0.2, 0.25) is 10.0 Å². The minimum Gasteiger partial charge on any atom is -0.346 e. The summed E-state index contributed by atoms with van der Waals surface area (Å²) in [7, 11) is 0. The Morgan fingerprint density at radius 1 is 1.27 bits per heavy atom. The smallest absolute Gasteiger partial charge is 0.262 e. The number of aromatic nitrogens is 1. The molecule has 1 heterocycles. The Labute approximate surface area is 138 Å². The lowest BCUT2D eigenvalue weighted by atomic mass is 10.1. The highest BCUT2D eigenvalue weighted by Crippen LogP contribution is 2.23. The van der Waals surface area contributed by atoms with Crippen molar-refractivity contribution in [1.82, 2.24) is 10.3 Å². The normalized spacial score (nSPS) is 10.9. The van der Waals surface area contributed by atoms with Gasteiger partial charge in [0.15, 0.2) is 0 Å². The maximum absolute atomic E-state index is 12.0. The van der Waals surface area contributed by atoms with E-state index in [-0.39, 0.29) is 12.1 Å². The Balaban J connectivity index is 2.10. The first-order chi connectivity index (χ1) is 10.6. The molecule has 6 heteroatoms. The van der Waals surface area contributed by atoms with Gasteiger partial charge in [0.25, 0.3) is 5.91 Å². The Morgan fingerprint density at radius 2 is 2.09 bits per heavy atom. The number of nitriles is 1. The van der Waals surface area contributed by atoms with Crippen LogP contribution in [0.3, 0.4) is 0 Å². The first kappa shape index (κ1) is 16.0. The molecule has 0 atom stereocenters. The van der Waals surface area contributed by atoms with E-state index >= 15 is 0 Å². The number of rotatable bonds is 4. The Hall–Kier alpha value is -2.35. The zero-order chi connectivity index (χ0) is 15.9. The van der Waals surface area contributed by atoms with Crippen LogP contribution in [-0.4, -0.2) is 10.9 Å². The molecule has 0 bridgehead atoms. The third-order valence-electron chi connectivity index (χ3n) is 2.78. The fraction of sp³-hybridized carbons (Fsp3) is 0.0625. The fourth-order valence-corrected chi connectivity index (χ4v) is 1.99. The van der Waals surface area contributed by atoms with E-state index in [1.54, 1.807) is 36.5 Å². The molecule has 1 aromatic carbocycles. The van der Waals surface area contributed by atoms with E-state index in [2.05, 4.69) is 10.3 Å². The highest BCUT2D eigenvalue weighted by molar-refractivity contribution is 6.42. The molecular weight excluding hydrogens is 321 g/mol. The summed E-state index contributed by atoms with van der Waals surface area (Å²) < 4.78 is 0. The lowest BCUT2D eigenvalue weighted by Gasteiger charge is -2.04. The number of halogens is 2. The molecule has 1 aromatic heterocycles. The summed E-state index contributed by atoms with van der Waals surface area (Å²) >= 11 is 11.7. The molecule has 0 aliphatic heterocycles. The summed E-state index contributed by atoms with van der Waals surface area (Å²) in [6.45, 7) is 0.250. The predicted octanol–water partition coefficient (Wildman–Crippen LogP) is 3.61. The van der Waals surface area contributed by atoms with E-state index in [0.717, 1.165) is 0 Å². The van der Waals surface area contributed by atoms with Crippen LogP contribution in [0, 0.1) is 11.3 Å². The molecule has 22 heavy (non-hydrogen) atoms. The topological polar surface area (TPSA) is 65.8 Å². The van der Waals surface area contributed by atoms with Crippen LogP contribution in [0.25, 0.3) is 6.08 Å². The summed E-state index contributed by atoms with van der Waals surface area (Å²) in [5.74, 6) is -0.473. The molecule has 0 fully saturated rings. The number of nitrogens with zero attached hydrogens (tertiary/aromatic N) is 2. The van der Waals surface area contributed by atoms with Gasteiger partial charge in [-0.2, -0.15) is 5.26 Å². The molecule has 0 saturated heterocycles. The van der Waals surface area contributed by atoms with Gasteiger partial charge >= 0.3 is 0 Å². The molecule has 0 spiro atoms. The summed E-state index contributed by atoms with van der Waals surface area (Å²) in [4.78, 5) is 16.1. The third kappa shape index (κ3) is 4.32. The van der Waals surface area contributed by atoms with Crippen LogP contribution < -0.4 is 5.32 Å². The predicted molar refractivity (Wildman–Crippen MR) is 86.1 cm³/mol. The average Bonchev–Trinajstić information content (AvgIpc) is 2.54. The van der Waals surface area contributed by atoms with Gasteiger partial charge in [-0.3, -0.25) is 9.78 Å². The van der Waals surface area contributed by atoms with Crippen molar-refractivity contribution in [1.29, 1.82) is 5.26 Å². The molecule has 0 aliphatic carbocycles. The van der Waals surface area contributed by atoms with Crippen LogP contribution in [0.5, 0.6) is 0 Å². The number of nitrogens with one attached hydrogen (secondary N) is 1. The first-order valence-corrected chi connectivity index (χ1v) is 7.10. The second-order valence-electron chi connectivity index (χ2n) is 4.35. The summed E-state index contributed by atoms with van der Waals surface area (Å²) in [6, 6.07) is 12.1. The molecule has 1 N–H and O–H groups in total. The van der Waals surface area contributed by atoms with Gasteiger partial charge in [0, 0.05) is 6.20 Å². The first-order valence-electron chi connectivity index (χ1n) is 6.35. The quantitative estimate of drug-likeness (QED) is 0.687. The lowest BCUT2D eigenvalue weighted by Crippen LogP contribution is -2.24. The molecule has 2 rings (SSSR count). The van der Waals surface area contributed by atoms with E-state index in [1.807, 2.05) is 12.1 Å². The van der Waals surface area contributed by atoms with Gasteiger partial charge in [-0.1, -0.05) is 35.3 Å². The number of amides is 1. The van der Waals surface area contributed by atoms with Gasteiger partial charge in [-0.05, 0) is 35.9 Å². The van der Waals surface area contributed by atoms with Crippen LogP contribution in [0.4, 0.5) is 0 Å². The number of carbonyl (C=O) groups is 1. The number of hydrogen-bond donors (Lipinski definition) is 1. The van der Waals surface area contributed by atoms with Crippen molar-refractivity contribution < 1.29 is 4.79 Å². The zero-order valence-electron chi connectivity index (χ0n) is 11.4. The average molecular weight is 332 g/mol. The van der Waals surface area contributed by atoms with Crippen molar-refractivity contribution in [3.8, 4) is 6.07 Å². The molecule has 0 aliphatic rings. The number of carbonyl (C=O) groups excluding carboxylic acids is 1. The highest BCUT2D eigenvalue weighted by Gasteiger charge is 2.09. The molecule has 0 saturated carbocycles. The van der Waals surface area contributed by atoms with Gasteiger partial charge in [0.1, 0.15) is 11.6 Å². The van der Waals surface area contributed by atoms with E-state index in [0.29, 0.717) is 21.3 Å². The molecule has 110 valence electrons. The number of benzene rings is 1. The van der Waals surface area contributed by atoms with E-state index in [9.17, 15) is 4.79 Å². The monoisotopic (exact) mass is 331 g/mol. The van der Waals surface area contributed by atoms with Crippen molar-refractivity contribution in [3.05, 3.63) is 69.5 Å². The SMILES string of the molecule is N#C/C(=C\c1ccc(Cl)c(Cl)c1)C(=O)NCc1ccccn1. The van der Waals surface area contributed by atoms with Crippen molar-refractivity contribution in [2.45, 2.75) is 6.54 Å². The summed E-state index contributed by atoms with van der Waals surface area (Å²) in [5.41, 5.74) is 1.32. The van der Waals surface area contributed by atoms with Gasteiger partial charge in [0.2, 0.25) is 0 Å². The highest BCUT2D eigenvalue weighted by atomic mass is 35.5. The summed E-state index contributed by atoms with van der Waals surface area (Å²) in [5, 5.41) is 12.5. The van der Waals surface area contributed by atoms with E-state index in [4.69, 9.17) is 28.5 Å². The van der Waals surface area contributed by atoms with Crippen LogP contribution >= 0.6 is 23.2 Å². The van der Waals surface area contributed by atoms with Gasteiger partial charge in [-0.15, -0.1) is 0 Å². The van der Waals surface area contributed by atoms with Crippen molar-refractivity contribution in [2.24, 2.45) is 0 Å². The minimum absolute atomic E-state index is 0.0191. The second-order valence-corrected chi connectivity index (χ2v) is 5.16. The maximum Gasteiger partial charge on any atom is 0.262 e. The number of pyridine rings is 1. The third-order valence-corrected chi connectivity index (χ3v) is 3.51. The molecule has 4 nitrogen and oxygen atoms in total. The van der Waals surface area contributed by atoms with Gasteiger partial charge in [0.05, 0.1) is 22.3 Å². The second kappa shape index (κ2) is 7.60. The van der Waals surface area contributed by atoms with E-state index in [1.165, 1.54) is 6.08 Å². The van der Waals surface area contributed by atoms with Gasteiger partial charge in [-0.25, -0.2) is 0 Å². The Bertz CT molecular complexity index is 752. The van der Waals surface area contributed by atoms with E-state index < -0.39 is 5.91 Å². The minimum atomic E-state index is -0.473. The zero-order valence-corrected chi connectivity index (χ0v) is 12.9. The van der Waals surface area contributed by atoms with Gasteiger partial charge < -0.3 is 5.32 Å². The molecule has 1 amide bonds. The van der Waals surface area contributed by atoms with Crippen LogP contribution in [0.1, 0.15) is 11.3 Å². The van der Waals surface area contributed by atoms with Crippen LogP contribution in [0.15, 0.2) is 48.2 Å². The number of hydrogen-bond acceptors (Lipinski definition) is 3. The standard InChI is InChI=1S/C16H11Cl2N3O/c17-14-5-4-11(8-15(14)18)7-12(9-19)16(22)21-10-13-3-1-2-6-20-13/h1-8H,10H2,(H,21,22)/b12-7+. The molecule has 0 radical (unpaired) electrons. The molecule has 0 unspecified atom stereocenters. The Morgan fingerprint density at radius 3 is 2.73 bits per heavy atom. The van der Waals surface area contributed by atoms with Crippen molar-refractivity contribution >= 4 is 35.2 Å². The molecule has 2 aromatic rings.